The summed E-state index contributed by atoms with van der Waals surface area (Å²) in [6.45, 7) is 0. The average Bonchev–Trinajstić information content (AvgIpc) is 2.88. The molecule has 1 heterocycles. The van der Waals surface area contributed by atoms with Crippen molar-refractivity contribution in [3.63, 3.8) is 0 Å². The summed E-state index contributed by atoms with van der Waals surface area (Å²) in [6, 6.07) is 10.8. The molecule has 2 aromatic carbocycles. The molecule has 0 spiro atoms. The molecule has 1 amide bonds. The molecule has 0 aliphatic heterocycles. The van der Waals surface area contributed by atoms with E-state index in [0.29, 0.717) is 10.2 Å². The highest BCUT2D eigenvalue weighted by atomic mass is 35.5. The van der Waals surface area contributed by atoms with E-state index in [1.54, 1.807) is 18.2 Å². The van der Waals surface area contributed by atoms with E-state index in [9.17, 15) is 14.9 Å². The fourth-order valence-electron chi connectivity index (χ4n) is 1.88. The zero-order valence-electron chi connectivity index (χ0n) is 10.9. The molecule has 1 aromatic heterocycles. The van der Waals surface area contributed by atoms with Crippen molar-refractivity contribution in [1.82, 2.24) is 4.98 Å². The monoisotopic (exact) mass is 333 g/mol. The number of amides is 1. The number of halogens is 1. The highest BCUT2D eigenvalue weighted by molar-refractivity contribution is 7.22. The van der Waals surface area contributed by atoms with Gasteiger partial charge in [0.1, 0.15) is 0 Å². The lowest BCUT2D eigenvalue weighted by Crippen LogP contribution is -2.11. The molecule has 0 atom stereocenters. The number of non-ortho nitro benzene ring substituents is 1. The summed E-state index contributed by atoms with van der Waals surface area (Å²) in [5, 5.41) is 14.4. The molecule has 1 N–H and O–H groups in total. The molecule has 22 heavy (non-hydrogen) atoms. The van der Waals surface area contributed by atoms with Crippen LogP contribution in [0.15, 0.2) is 42.5 Å². The number of benzene rings is 2. The third kappa shape index (κ3) is 2.90. The first-order chi connectivity index (χ1) is 10.5. The number of carbonyl (C=O) groups excluding carboxylic acids is 1. The van der Waals surface area contributed by atoms with Crippen molar-refractivity contribution >= 4 is 49.9 Å². The van der Waals surface area contributed by atoms with E-state index in [2.05, 4.69) is 10.3 Å². The fraction of sp³-hybridized carbons (Fsp3) is 0. The molecule has 0 saturated carbocycles. The molecule has 0 radical (unpaired) electrons. The van der Waals surface area contributed by atoms with Gasteiger partial charge in [-0.2, -0.15) is 0 Å². The Balaban J connectivity index is 1.86. The van der Waals surface area contributed by atoms with Gasteiger partial charge >= 0.3 is 0 Å². The fourth-order valence-corrected chi connectivity index (χ4v) is 3.02. The van der Waals surface area contributed by atoms with E-state index < -0.39 is 10.8 Å². The molecule has 0 fully saturated rings. The van der Waals surface area contributed by atoms with Crippen LogP contribution in [0.3, 0.4) is 0 Å². The van der Waals surface area contributed by atoms with Crippen molar-refractivity contribution in [2.75, 3.05) is 5.32 Å². The summed E-state index contributed by atoms with van der Waals surface area (Å²) in [4.78, 5) is 26.6. The Bertz CT molecular complexity index is 894. The molecule has 3 rings (SSSR count). The van der Waals surface area contributed by atoms with Crippen LogP contribution >= 0.6 is 22.9 Å². The van der Waals surface area contributed by atoms with Crippen LogP contribution in [0.1, 0.15) is 10.4 Å². The van der Waals surface area contributed by atoms with E-state index >= 15 is 0 Å². The number of nitrogens with one attached hydrogen (secondary N) is 1. The quantitative estimate of drug-likeness (QED) is 0.577. The summed E-state index contributed by atoms with van der Waals surface area (Å²) in [6.07, 6.45) is 0. The molecule has 0 aliphatic carbocycles. The van der Waals surface area contributed by atoms with Gasteiger partial charge in [0, 0.05) is 22.7 Å². The number of aromatic nitrogens is 1. The van der Waals surface area contributed by atoms with Crippen LogP contribution in [-0.4, -0.2) is 15.8 Å². The maximum Gasteiger partial charge on any atom is 0.270 e. The molecule has 0 unspecified atom stereocenters. The zero-order valence-corrected chi connectivity index (χ0v) is 12.5. The van der Waals surface area contributed by atoms with Gasteiger partial charge in [0.05, 0.1) is 15.1 Å². The maximum atomic E-state index is 12.1. The van der Waals surface area contributed by atoms with Crippen LogP contribution in [0.25, 0.3) is 10.2 Å². The Morgan fingerprint density at radius 3 is 2.86 bits per heavy atom. The number of thiazole rings is 1. The van der Waals surface area contributed by atoms with Crippen molar-refractivity contribution in [2.45, 2.75) is 0 Å². The molecular formula is C14H8ClN3O3S. The largest absolute Gasteiger partial charge is 0.298 e. The van der Waals surface area contributed by atoms with Crippen molar-refractivity contribution in [2.24, 2.45) is 0 Å². The Labute approximate surface area is 133 Å². The van der Waals surface area contributed by atoms with Gasteiger partial charge in [-0.25, -0.2) is 4.98 Å². The van der Waals surface area contributed by atoms with Gasteiger partial charge in [-0.1, -0.05) is 29.0 Å². The predicted octanol–water partition coefficient (Wildman–Crippen LogP) is 4.11. The van der Waals surface area contributed by atoms with Gasteiger partial charge < -0.3 is 0 Å². The van der Waals surface area contributed by atoms with Crippen LogP contribution in [0, 0.1) is 10.1 Å². The lowest BCUT2D eigenvalue weighted by molar-refractivity contribution is -0.384. The number of hydrogen-bond acceptors (Lipinski definition) is 5. The Kier molecular flexibility index (Phi) is 3.74. The Morgan fingerprint density at radius 2 is 2.09 bits per heavy atom. The molecular weight excluding hydrogens is 326 g/mol. The smallest absolute Gasteiger partial charge is 0.270 e. The summed E-state index contributed by atoms with van der Waals surface area (Å²) < 4.78 is 0.849. The van der Waals surface area contributed by atoms with Crippen LogP contribution < -0.4 is 5.32 Å². The molecule has 8 heteroatoms. The lowest BCUT2D eigenvalue weighted by atomic mass is 10.2. The van der Waals surface area contributed by atoms with Gasteiger partial charge in [-0.15, -0.1) is 0 Å². The number of nitrogens with zero attached hydrogens (tertiary/aromatic N) is 2. The summed E-state index contributed by atoms with van der Waals surface area (Å²) in [5.74, 6) is -0.450. The normalized spacial score (nSPS) is 10.6. The van der Waals surface area contributed by atoms with E-state index in [4.69, 9.17) is 11.6 Å². The first-order valence-electron chi connectivity index (χ1n) is 6.15. The van der Waals surface area contributed by atoms with E-state index in [1.165, 1.54) is 35.6 Å². The average molecular weight is 334 g/mol. The van der Waals surface area contributed by atoms with Gasteiger partial charge in [-0.05, 0) is 24.3 Å². The van der Waals surface area contributed by atoms with Crippen LogP contribution in [0.2, 0.25) is 5.02 Å². The highest BCUT2D eigenvalue weighted by Gasteiger charge is 2.13. The summed E-state index contributed by atoms with van der Waals surface area (Å²) >= 11 is 7.19. The first kappa shape index (κ1) is 14.4. The van der Waals surface area contributed by atoms with Crippen LogP contribution in [-0.2, 0) is 0 Å². The standard InChI is InChI=1S/C14H8ClN3O3S/c15-9-4-5-11-12(7-9)22-14(16-11)17-13(19)8-2-1-3-10(6-8)18(20)21/h1-7H,(H,16,17,19). The Hall–Kier alpha value is -2.51. The topological polar surface area (TPSA) is 85.1 Å². The Morgan fingerprint density at radius 1 is 1.27 bits per heavy atom. The summed E-state index contributed by atoms with van der Waals surface area (Å²) in [5.41, 5.74) is 0.791. The second-order valence-corrected chi connectivity index (χ2v) is 5.86. The second-order valence-electron chi connectivity index (χ2n) is 4.39. The zero-order chi connectivity index (χ0) is 15.7. The predicted molar refractivity (Wildman–Crippen MR) is 85.7 cm³/mol. The van der Waals surface area contributed by atoms with Crippen LogP contribution in [0.5, 0.6) is 0 Å². The SMILES string of the molecule is O=C(Nc1nc2ccc(Cl)cc2s1)c1cccc([N+](=O)[O-])c1. The third-order valence-electron chi connectivity index (χ3n) is 2.89. The number of nitro groups is 1. The first-order valence-corrected chi connectivity index (χ1v) is 7.34. The van der Waals surface area contributed by atoms with E-state index in [-0.39, 0.29) is 11.3 Å². The van der Waals surface area contributed by atoms with Crippen molar-refractivity contribution in [3.8, 4) is 0 Å². The number of nitro benzene ring substituents is 1. The number of anilines is 1. The number of rotatable bonds is 3. The highest BCUT2D eigenvalue weighted by Crippen LogP contribution is 2.28. The molecule has 0 saturated heterocycles. The van der Waals surface area contributed by atoms with Crippen molar-refractivity contribution in [1.29, 1.82) is 0 Å². The molecule has 110 valence electrons. The number of carbonyl (C=O) groups is 1. The van der Waals surface area contributed by atoms with Crippen molar-refractivity contribution < 1.29 is 9.72 Å². The van der Waals surface area contributed by atoms with Gasteiger partial charge in [0.15, 0.2) is 5.13 Å². The van der Waals surface area contributed by atoms with E-state index in [1.807, 2.05) is 0 Å². The number of hydrogen-bond donors (Lipinski definition) is 1. The minimum atomic E-state index is -0.545. The van der Waals surface area contributed by atoms with Crippen molar-refractivity contribution in [3.05, 3.63) is 63.2 Å². The lowest BCUT2D eigenvalue weighted by Gasteiger charge is -2.01. The minimum absolute atomic E-state index is 0.135. The van der Waals surface area contributed by atoms with Gasteiger partial charge in [0.25, 0.3) is 11.6 Å². The molecule has 0 bridgehead atoms. The molecule has 3 aromatic rings. The third-order valence-corrected chi connectivity index (χ3v) is 4.06. The minimum Gasteiger partial charge on any atom is -0.298 e. The molecule has 0 aliphatic rings. The summed E-state index contributed by atoms with van der Waals surface area (Å²) in [7, 11) is 0. The van der Waals surface area contributed by atoms with Crippen LogP contribution in [0.4, 0.5) is 10.8 Å². The second kappa shape index (κ2) is 5.70. The van der Waals surface area contributed by atoms with Gasteiger partial charge in [-0.3, -0.25) is 20.2 Å². The van der Waals surface area contributed by atoms with Gasteiger partial charge in [0.2, 0.25) is 0 Å². The maximum absolute atomic E-state index is 12.1. The number of fused-ring (bicyclic) bond motifs is 1. The molecule has 6 nitrogen and oxygen atoms in total. The van der Waals surface area contributed by atoms with E-state index in [0.717, 1.165) is 10.2 Å².